The van der Waals surface area contributed by atoms with E-state index in [4.69, 9.17) is 73.7 Å². The summed E-state index contributed by atoms with van der Waals surface area (Å²) >= 11 is 0. The minimum atomic E-state index is -5.44. The van der Waals surface area contributed by atoms with E-state index in [2.05, 4.69) is 0 Å². The Balaban J connectivity index is 0.931. The Labute approximate surface area is 523 Å². The molecular formula is C42H79O46P5. The zero-order valence-corrected chi connectivity index (χ0v) is 52.3. The first-order valence-electron chi connectivity index (χ1n) is 27.6. The fourth-order valence-electron chi connectivity index (χ4n) is 9.71. The van der Waals surface area contributed by atoms with Gasteiger partial charge >= 0.3 is 39.1 Å². The maximum absolute atomic E-state index is 13.0. The van der Waals surface area contributed by atoms with Crippen molar-refractivity contribution < 1.29 is 223 Å². The predicted octanol–water partition coefficient (Wildman–Crippen LogP) is -13.3. The van der Waals surface area contributed by atoms with E-state index in [1.807, 2.05) is 0 Å². The van der Waals surface area contributed by atoms with Crippen molar-refractivity contribution in [1.29, 1.82) is 0 Å². The average molecular weight is 1470 g/mol. The number of rotatable bonds is 32. The van der Waals surface area contributed by atoms with Gasteiger partial charge in [0.2, 0.25) is 0 Å². The predicted molar refractivity (Wildman–Crippen MR) is 283 cm³/mol. The third-order valence-electron chi connectivity index (χ3n) is 15.2. The summed E-state index contributed by atoms with van der Waals surface area (Å²) in [7, 11) is -26.6. The topological polar surface area (TPSA) is 739 Å². The lowest BCUT2D eigenvalue weighted by Crippen LogP contribution is -2.60. The minimum Gasteiger partial charge on any atom is -0.394 e. The van der Waals surface area contributed by atoms with Gasteiger partial charge in [0.25, 0.3) is 0 Å². The van der Waals surface area contributed by atoms with Crippen molar-refractivity contribution >= 4 is 39.1 Å². The molecule has 25 N–H and O–H groups in total. The second-order valence-electron chi connectivity index (χ2n) is 21.8. The smallest absolute Gasteiger partial charge is 0.394 e. The van der Waals surface area contributed by atoms with Crippen LogP contribution >= 0.6 is 39.1 Å². The lowest BCUT2D eigenvalue weighted by Gasteiger charge is -2.41. The number of hydrogen-bond donors (Lipinski definition) is 25. The van der Waals surface area contributed by atoms with Crippen LogP contribution < -0.4 is 0 Å². The lowest BCUT2D eigenvalue weighted by molar-refractivity contribution is -0.239. The molecule has 93 heavy (non-hydrogen) atoms. The highest BCUT2D eigenvalue weighted by molar-refractivity contribution is 7.48. The van der Waals surface area contributed by atoms with Crippen molar-refractivity contribution in [1.82, 2.24) is 0 Å². The molecule has 0 spiro atoms. The molecule has 6 saturated heterocycles. The molecule has 51 heteroatoms. The largest absolute Gasteiger partial charge is 0.472 e. The van der Waals surface area contributed by atoms with E-state index >= 15 is 0 Å². The van der Waals surface area contributed by atoms with Crippen molar-refractivity contribution in [2.45, 2.75) is 183 Å². The summed E-state index contributed by atoms with van der Waals surface area (Å²) in [6, 6.07) is 0. The van der Waals surface area contributed by atoms with Crippen molar-refractivity contribution in [2.24, 2.45) is 0 Å². The molecule has 0 radical (unpaired) electrons. The van der Waals surface area contributed by atoms with Crippen LogP contribution in [0.3, 0.4) is 0 Å². The van der Waals surface area contributed by atoms with Crippen molar-refractivity contribution in [3.8, 4) is 0 Å². The molecular weight excluding hydrogens is 1400 g/mol. The molecule has 6 rings (SSSR count). The Morgan fingerprint density at radius 3 is 0.398 bits per heavy atom. The summed E-state index contributed by atoms with van der Waals surface area (Å²) in [5, 5.41) is 205. The summed E-state index contributed by atoms with van der Waals surface area (Å²) in [4.78, 5) is 51.7. The van der Waals surface area contributed by atoms with E-state index in [0.717, 1.165) is 0 Å². The van der Waals surface area contributed by atoms with Crippen LogP contribution in [0.5, 0.6) is 0 Å². The summed E-state index contributed by atoms with van der Waals surface area (Å²) in [5.74, 6) is 0. The fourth-order valence-corrected chi connectivity index (χ4v) is 13.4. The summed E-state index contributed by atoms with van der Waals surface area (Å²) < 4.78 is 144. The number of aliphatic hydroxyl groups excluding tert-OH is 20. The molecule has 6 heterocycles. The fraction of sp³-hybridized carbons (Fsp3) is 1.00. The van der Waals surface area contributed by atoms with Gasteiger partial charge in [-0.1, -0.05) is 0 Å². The van der Waals surface area contributed by atoms with Gasteiger partial charge in [0.1, 0.15) is 183 Å². The van der Waals surface area contributed by atoms with Crippen LogP contribution in [0.25, 0.3) is 0 Å². The van der Waals surface area contributed by atoms with E-state index < -0.39 is 302 Å². The van der Waals surface area contributed by atoms with E-state index in [1.54, 1.807) is 0 Å². The SMILES string of the molecule is O=P(O)(OC[C@@H]1O[C@H](COP(=O)(O)OC[C@@H]2O[C@H](COP(=O)(O)OC[C@@H]3O[C@H](COP(=O)(O)OC[C@@H]4O[C@H](COP(=O)(O)OC[C@@H]5O[C@H](CO)[C@@H](O)[C@H](O)[C@H]5O)[C@@H](O)[C@H](O)[C@H]4O)[C@@H](O)[C@H](O)[C@H]3O)[C@@H](O)[C@H](O)[C@H]2O)[C@@H](O)[C@H](O)[C@H]1O)OC[C@H]1O[C@@H](CO)[C@H](O)[C@@H](O)[C@@H]1O. The molecule has 548 valence electrons. The molecule has 0 aromatic carbocycles. The Hall–Kier alpha value is -0.490. The number of hydrogen-bond acceptors (Lipinski definition) is 41. The molecule has 46 nitrogen and oxygen atoms in total. The van der Waals surface area contributed by atoms with Gasteiger partial charge in [0.05, 0.1) is 79.3 Å². The van der Waals surface area contributed by atoms with E-state index in [1.165, 1.54) is 0 Å². The quantitative estimate of drug-likeness (QED) is 0.0278. The van der Waals surface area contributed by atoms with Crippen LogP contribution in [0.4, 0.5) is 0 Å². The number of aliphatic hydroxyl groups is 20. The monoisotopic (exact) mass is 1470 g/mol. The van der Waals surface area contributed by atoms with Crippen LogP contribution in [-0.4, -0.2) is 389 Å². The minimum absolute atomic E-state index is 0.837. The Bertz CT molecular complexity index is 2400. The molecule has 0 bridgehead atoms. The Kier molecular flexibility index (Phi) is 30.2. The molecule has 0 aromatic rings. The van der Waals surface area contributed by atoms with Gasteiger partial charge in [-0.05, 0) is 0 Å². The van der Waals surface area contributed by atoms with Gasteiger partial charge in [-0.2, -0.15) is 0 Å². The number of phosphoric ester groups is 5. The highest BCUT2D eigenvalue weighted by Crippen LogP contribution is 2.50. The maximum Gasteiger partial charge on any atom is 0.472 e. The van der Waals surface area contributed by atoms with Gasteiger partial charge in [0.15, 0.2) is 0 Å². The van der Waals surface area contributed by atoms with Crippen LogP contribution in [0.15, 0.2) is 0 Å². The Morgan fingerprint density at radius 1 is 0.194 bits per heavy atom. The molecule has 0 aliphatic carbocycles. The third kappa shape index (κ3) is 21.8. The zero-order valence-electron chi connectivity index (χ0n) is 47.8. The Morgan fingerprint density at radius 2 is 0.290 bits per heavy atom. The molecule has 0 saturated carbocycles. The highest BCUT2D eigenvalue weighted by atomic mass is 31.2. The zero-order chi connectivity index (χ0) is 69.6. The summed E-state index contributed by atoms with van der Waals surface area (Å²) in [6.45, 7) is -13.1. The first-order chi connectivity index (χ1) is 43.1. The molecule has 5 unspecified atom stereocenters. The number of phosphoric acid groups is 5. The van der Waals surface area contributed by atoms with Gasteiger partial charge in [-0.25, -0.2) is 22.8 Å². The van der Waals surface area contributed by atoms with Crippen molar-refractivity contribution in [3.05, 3.63) is 0 Å². The molecule has 6 aliphatic heterocycles. The standard InChI is InChI=1S/C42H79O46P5/c43-1-13-25(45)37(57)27(47)15(83-13)3-73-89(63,64)75-5-17-29(49)39(59)31(51)19(85-17)7-77-91(67,68)79-9-21-33(53)41(61)35(55)23(87-21)11-81-93(71,72)82-12-24-36(56)42(62)34(54)22(88-24)10-80-92(69,70)78-8-20-32(52)40(60)30(50)18(86-20)6-76-90(65,66)74-4-16-28(48)38(58)26(46)14(2-44)84-16/h13-62H,1-12H2,(H,63,64)(H,65,66)(H,67,68)(H,69,70)(H,71,72)/t13-,14+,15+,16-,17-,18+,19+,20-,21-,22+,23+,24-,25-,26+,27+,28-,29-,30+,31+,32-,33-,34+,35+,36-,37+,38-,39+,40-,41+,42-. The van der Waals surface area contributed by atoms with Crippen LogP contribution in [-0.2, 0) is 96.5 Å². The van der Waals surface area contributed by atoms with E-state index in [-0.39, 0.29) is 0 Å². The summed E-state index contributed by atoms with van der Waals surface area (Å²) in [6.07, 6.45) is -57.8. The summed E-state index contributed by atoms with van der Waals surface area (Å²) in [5.41, 5.74) is 0. The average Bonchev–Trinajstić information content (AvgIpc) is 0.902. The van der Waals surface area contributed by atoms with Crippen LogP contribution in [0.1, 0.15) is 0 Å². The van der Waals surface area contributed by atoms with E-state index in [9.17, 15) is 149 Å². The second kappa shape index (κ2) is 34.5. The normalized spacial score (nSPS) is 45.3. The van der Waals surface area contributed by atoms with Gasteiger partial charge in [-0.3, -0.25) is 45.2 Å². The molecule has 35 atom stereocenters. The second-order valence-corrected chi connectivity index (χ2v) is 29.0. The molecule has 6 aliphatic rings. The van der Waals surface area contributed by atoms with Gasteiger partial charge in [-0.15, -0.1) is 0 Å². The van der Waals surface area contributed by atoms with Crippen molar-refractivity contribution in [2.75, 3.05) is 79.3 Å². The van der Waals surface area contributed by atoms with E-state index in [0.29, 0.717) is 0 Å². The van der Waals surface area contributed by atoms with Crippen LogP contribution in [0, 0.1) is 0 Å². The lowest BCUT2D eigenvalue weighted by atomic mass is 9.95. The first kappa shape index (κ1) is 81.5. The van der Waals surface area contributed by atoms with Gasteiger partial charge in [0, 0.05) is 0 Å². The van der Waals surface area contributed by atoms with Gasteiger partial charge < -0.3 is 155 Å². The van der Waals surface area contributed by atoms with Crippen LogP contribution in [0.2, 0.25) is 0 Å². The third-order valence-corrected chi connectivity index (χ3v) is 20.0. The maximum atomic E-state index is 13.0. The molecule has 0 aromatic heterocycles. The highest BCUT2D eigenvalue weighted by Gasteiger charge is 2.52. The molecule has 0 amide bonds. The first-order valence-corrected chi connectivity index (χ1v) is 35.1. The van der Waals surface area contributed by atoms with Crippen molar-refractivity contribution in [3.63, 3.8) is 0 Å². The molecule has 6 fully saturated rings. The number of ether oxygens (including phenoxy) is 6.